The molecule has 140 valence electrons. The van der Waals surface area contributed by atoms with E-state index < -0.39 is 23.2 Å². The maximum absolute atomic E-state index is 13.3. The van der Waals surface area contributed by atoms with E-state index in [0.717, 1.165) is 0 Å². The summed E-state index contributed by atoms with van der Waals surface area (Å²) in [7, 11) is 2.86. The smallest absolute Gasteiger partial charge is 0.163 e. The van der Waals surface area contributed by atoms with Gasteiger partial charge in [0.25, 0.3) is 0 Å². The minimum atomic E-state index is -0.467. The summed E-state index contributed by atoms with van der Waals surface area (Å²) in [6.45, 7) is 0. The van der Waals surface area contributed by atoms with Gasteiger partial charge in [-0.15, -0.1) is 0 Å². The number of carbonyl (C=O) groups is 2. The van der Waals surface area contributed by atoms with Gasteiger partial charge in [-0.1, -0.05) is 0 Å². The summed E-state index contributed by atoms with van der Waals surface area (Å²) in [6.07, 6.45) is 4.77. The number of carbonyl (C=O) groups excluding carboxylic acids is 2. The topological polar surface area (TPSA) is 52.6 Å². The Morgan fingerprint density at radius 2 is 1.22 bits per heavy atom. The molecule has 0 amide bonds. The molecule has 2 rings (SSSR count). The van der Waals surface area contributed by atoms with E-state index in [0.29, 0.717) is 22.6 Å². The number of benzene rings is 2. The lowest BCUT2D eigenvalue weighted by Crippen LogP contribution is -2.02. The molecule has 6 heteroatoms. The fourth-order valence-corrected chi connectivity index (χ4v) is 2.33. The van der Waals surface area contributed by atoms with Crippen molar-refractivity contribution in [3.8, 4) is 11.5 Å². The van der Waals surface area contributed by atoms with E-state index in [9.17, 15) is 18.4 Å². The lowest BCUT2D eigenvalue weighted by atomic mass is 10.1. The lowest BCUT2D eigenvalue weighted by molar-refractivity contribution is -0.121. The van der Waals surface area contributed by atoms with Gasteiger partial charge in [0.15, 0.2) is 11.6 Å². The van der Waals surface area contributed by atoms with Gasteiger partial charge in [0.2, 0.25) is 0 Å². The zero-order valence-corrected chi connectivity index (χ0v) is 14.9. The van der Waals surface area contributed by atoms with Crippen molar-refractivity contribution in [2.24, 2.45) is 0 Å². The minimum absolute atomic E-state index is 0.373. The highest BCUT2D eigenvalue weighted by molar-refractivity contribution is 6.11. The molecule has 4 nitrogen and oxygen atoms in total. The van der Waals surface area contributed by atoms with Crippen LogP contribution in [0.2, 0.25) is 0 Å². The highest BCUT2D eigenvalue weighted by Crippen LogP contribution is 2.22. The average molecular weight is 372 g/mol. The molecule has 0 fully saturated rings. The van der Waals surface area contributed by atoms with Crippen molar-refractivity contribution in [1.29, 1.82) is 0 Å². The summed E-state index contributed by atoms with van der Waals surface area (Å²) < 4.78 is 36.8. The quantitative estimate of drug-likeness (QED) is 0.514. The Morgan fingerprint density at radius 1 is 0.815 bits per heavy atom. The van der Waals surface area contributed by atoms with Crippen LogP contribution in [0.3, 0.4) is 0 Å². The van der Waals surface area contributed by atoms with Crippen LogP contribution in [-0.4, -0.2) is 25.8 Å². The highest BCUT2D eigenvalue weighted by atomic mass is 19.1. The molecule has 0 aliphatic heterocycles. The number of ether oxygens (including phenoxy) is 2. The molecule has 0 N–H and O–H groups in total. The summed E-state index contributed by atoms with van der Waals surface area (Å²) in [6, 6.07) is 7.82. The maximum atomic E-state index is 13.3. The van der Waals surface area contributed by atoms with E-state index in [1.54, 1.807) is 0 Å². The Kier molecular flexibility index (Phi) is 7.00. The molecule has 0 spiro atoms. The van der Waals surface area contributed by atoms with Crippen molar-refractivity contribution >= 4 is 23.7 Å². The number of hydrogen-bond donors (Lipinski definition) is 0. The Bertz CT molecular complexity index is 828. The second-order valence-electron chi connectivity index (χ2n) is 5.55. The molecular formula is C21H18F2O4. The van der Waals surface area contributed by atoms with Crippen molar-refractivity contribution in [3.05, 3.63) is 71.3 Å². The molecule has 0 radical (unpaired) electrons. The first-order chi connectivity index (χ1) is 12.9. The summed E-state index contributed by atoms with van der Waals surface area (Å²) in [5.41, 5.74) is 0.775. The largest absolute Gasteiger partial charge is 0.496 e. The molecule has 0 saturated heterocycles. The summed E-state index contributed by atoms with van der Waals surface area (Å²) >= 11 is 0. The molecule has 0 saturated carbocycles. The first kappa shape index (κ1) is 20.0. The SMILES string of the molecule is COc1ccc(F)cc1/C=C/C(=O)CC(=O)/C=C/c1cc(F)ccc1OC. The van der Waals surface area contributed by atoms with Crippen LogP contribution < -0.4 is 9.47 Å². The van der Waals surface area contributed by atoms with Crippen molar-refractivity contribution in [3.63, 3.8) is 0 Å². The van der Waals surface area contributed by atoms with Gasteiger partial charge in [0.1, 0.15) is 23.1 Å². The van der Waals surface area contributed by atoms with Crippen LogP contribution in [-0.2, 0) is 9.59 Å². The van der Waals surface area contributed by atoms with Crippen LogP contribution in [0.15, 0.2) is 48.6 Å². The standard InChI is InChI=1S/C21H18F2O4/c1-26-20-9-5-16(22)11-14(20)3-7-18(24)13-19(25)8-4-15-12-17(23)6-10-21(15)27-2/h3-12H,13H2,1-2H3/b7-3+,8-4+. The van der Waals surface area contributed by atoms with Crippen LogP contribution >= 0.6 is 0 Å². The molecule has 27 heavy (non-hydrogen) atoms. The van der Waals surface area contributed by atoms with E-state index in [1.165, 1.54) is 74.9 Å². The van der Waals surface area contributed by atoms with Crippen LogP contribution in [0, 0.1) is 11.6 Å². The number of ketones is 2. The third-order valence-electron chi connectivity index (χ3n) is 3.63. The van der Waals surface area contributed by atoms with Crippen molar-refractivity contribution in [2.75, 3.05) is 14.2 Å². The Hall–Kier alpha value is -3.28. The number of hydrogen-bond acceptors (Lipinski definition) is 4. The molecule has 0 atom stereocenters. The summed E-state index contributed by atoms with van der Waals surface area (Å²) in [5.74, 6) is -1.03. The van der Waals surface area contributed by atoms with E-state index in [-0.39, 0.29) is 6.42 Å². The zero-order valence-electron chi connectivity index (χ0n) is 14.9. The molecular weight excluding hydrogens is 354 g/mol. The monoisotopic (exact) mass is 372 g/mol. The summed E-state index contributed by atoms with van der Waals surface area (Å²) in [5, 5.41) is 0. The van der Waals surface area contributed by atoms with Gasteiger partial charge >= 0.3 is 0 Å². The molecule has 2 aromatic carbocycles. The van der Waals surface area contributed by atoms with E-state index in [4.69, 9.17) is 9.47 Å². The normalized spacial score (nSPS) is 11.1. The van der Waals surface area contributed by atoms with Gasteiger partial charge in [-0.3, -0.25) is 9.59 Å². The van der Waals surface area contributed by atoms with Crippen LogP contribution in [0.4, 0.5) is 8.78 Å². The fourth-order valence-electron chi connectivity index (χ4n) is 2.33. The molecule has 0 aromatic heterocycles. The van der Waals surface area contributed by atoms with E-state index in [1.807, 2.05) is 0 Å². The van der Waals surface area contributed by atoms with Gasteiger partial charge in [-0.2, -0.15) is 0 Å². The molecule has 2 aromatic rings. The number of allylic oxidation sites excluding steroid dienone is 2. The Morgan fingerprint density at radius 3 is 1.59 bits per heavy atom. The van der Waals surface area contributed by atoms with Crippen LogP contribution in [0.5, 0.6) is 11.5 Å². The second-order valence-corrected chi connectivity index (χ2v) is 5.55. The highest BCUT2D eigenvalue weighted by Gasteiger charge is 2.07. The molecule has 0 aliphatic rings. The van der Waals surface area contributed by atoms with Crippen LogP contribution in [0.25, 0.3) is 12.2 Å². The molecule has 0 aliphatic carbocycles. The van der Waals surface area contributed by atoms with Crippen LogP contribution in [0.1, 0.15) is 17.5 Å². The molecule has 0 unspecified atom stereocenters. The third kappa shape index (κ3) is 5.88. The maximum Gasteiger partial charge on any atom is 0.163 e. The van der Waals surface area contributed by atoms with Crippen molar-refractivity contribution < 1.29 is 27.8 Å². The van der Waals surface area contributed by atoms with Gasteiger partial charge in [-0.05, 0) is 60.7 Å². The van der Waals surface area contributed by atoms with Crippen molar-refractivity contribution in [1.82, 2.24) is 0 Å². The third-order valence-corrected chi connectivity index (χ3v) is 3.63. The zero-order chi connectivity index (χ0) is 19.8. The predicted octanol–water partition coefficient (Wildman–Crippen LogP) is 4.24. The lowest BCUT2D eigenvalue weighted by Gasteiger charge is -2.04. The Labute approximate surface area is 155 Å². The Balaban J connectivity index is 2.03. The number of rotatable bonds is 8. The van der Waals surface area contributed by atoms with Gasteiger partial charge in [0.05, 0.1) is 20.6 Å². The molecule has 0 heterocycles. The van der Waals surface area contributed by atoms with Gasteiger partial charge in [0, 0.05) is 11.1 Å². The number of halogens is 2. The first-order valence-electron chi connectivity index (χ1n) is 8.02. The first-order valence-corrected chi connectivity index (χ1v) is 8.02. The summed E-state index contributed by atoms with van der Waals surface area (Å²) in [4.78, 5) is 23.9. The van der Waals surface area contributed by atoms with Crippen molar-refractivity contribution in [2.45, 2.75) is 6.42 Å². The van der Waals surface area contributed by atoms with Gasteiger partial charge < -0.3 is 9.47 Å². The second kappa shape index (κ2) is 9.43. The fraction of sp³-hybridized carbons (Fsp3) is 0.143. The predicted molar refractivity (Wildman–Crippen MR) is 98.6 cm³/mol. The number of methoxy groups -OCH3 is 2. The van der Waals surface area contributed by atoms with Gasteiger partial charge in [-0.25, -0.2) is 8.78 Å². The van der Waals surface area contributed by atoms with E-state index >= 15 is 0 Å². The van der Waals surface area contributed by atoms with E-state index in [2.05, 4.69) is 0 Å². The molecule has 0 bridgehead atoms. The average Bonchev–Trinajstić information content (AvgIpc) is 2.65. The minimum Gasteiger partial charge on any atom is -0.496 e.